The molecule has 0 spiro atoms. The minimum atomic E-state index is 0.243. The monoisotopic (exact) mass is 461 g/mol. The quantitative estimate of drug-likeness (QED) is 0.243. The second-order valence-electron chi connectivity index (χ2n) is 11.4. The predicted molar refractivity (Wildman–Crippen MR) is 148 cm³/mol. The van der Waals surface area contributed by atoms with Gasteiger partial charge in [0.15, 0.2) is 0 Å². The van der Waals surface area contributed by atoms with Crippen LogP contribution in [0.15, 0.2) is 76.7 Å². The number of aromatic nitrogens is 1. The van der Waals surface area contributed by atoms with Crippen molar-refractivity contribution in [2.75, 3.05) is 0 Å². The third kappa shape index (κ3) is 3.51. The molecule has 0 aliphatic carbocycles. The summed E-state index contributed by atoms with van der Waals surface area (Å²) < 4.78 is 0. The van der Waals surface area contributed by atoms with Crippen LogP contribution >= 0.6 is 11.8 Å². The third-order valence-electron chi connectivity index (χ3n) is 6.86. The summed E-state index contributed by atoms with van der Waals surface area (Å²) in [6, 6.07) is 22.7. The molecule has 1 aliphatic rings. The van der Waals surface area contributed by atoms with E-state index in [0.29, 0.717) is 5.92 Å². The lowest BCUT2D eigenvalue weighted by Crippen LogP contribution is -2.09. The van der Waals surface area contributed by atoms with Gasteiger partial charge in [-0.25, -0.2) is 0 Å². The van der Waals surface area contributed by atoms with Crippen molar-refractivity contribution in [3.8, 4) is 11.3 Å². The fraction of sp³-hybridized carbons (Fsp3) is 0.281. The normalized spacial score (nSPS) is 13.2. The highest BCUT2D eigenvalue weighted by atomic mass is 32.2. The zero-order chi connectivity index (χ0) is 23.6. The van der Waals surface area contributed by atoms with E-state index in [4.69, 9.17) is 4.98 Å². The molecule has 4 aromatic carbocycles. The predicted octanol–water partition coefficient (Wildman–Crippen LogP) is 9.46. The van der Waals surface area contributed by atoms with Crippen LogP contribution in [0.25, 0.3) is 43.6 Å². The van der Waals surface area contributed by atoms with E-state index >= 15 is 0 Å². The van der Waals surface area contributed by atoms with Crippen LogP contribution < -0.4 is 0 Å². The molecule has 5 aromatic rings. The van der Waals surface area contributed by atoms with Crippen molar-refractivity contribution in [3.05, 3.63) is 78.0 Å². The highest BCUT2D eigenvalue weighted by Gasteiger charge is 2.26. The first-order chi connectivity index (χ1) is 16.3. The molecule has 0 radical (unpaired) electrons. The van der Waals surface area contributed by atoms with Gasteiger partial charge in [-0.05, 0) is 80.4 Å². The van der Waals surface area contributed by atoms with Gasteiger partial charge in [0.1, 0.15) is 0 Å². The molecule has 0 unspecified atom stereocenters. The fourth-order valence-electron chi connectivity index (χ4n) is 5.58. The smallest absolute Gasteiger partial charge is 0.0803 e. The van der Waals surface area contributed by atoms with E-state index in [9.17, 15) is 0 Å². The van der Waals surface area contributed by atoms with Gasteiger partial charge < -0.3 is 0 Å². The Bertz CT molecular complexity index is 1590. The Morgan fingerprint density at radius 1 is 0.853 bits per heavy atom. The summed E-state index contributed by atoms with van der Waals surface area (Å²) in [5, 5.41) is 8.06. The average molecular weight is 462 g/mol. The van der Waals surface area contributed by atoms with Gasteiger partial charge in [0, 0.05) is 26.9 Å². The second-order valence-corrected chi connectivity index (χ2v) is 12.4. The van der Waals surface area contributed by atoms with Crippen LogP contribution in [-0.2, 0) is 12.8 Å². The Morgan fingerprint density at radius 3 is 2.44 bits per heavy atom. The van der Waals surface area contributed by atoms with Gasteiger partial charge in [0.05, 0.1) is 5.69 Å². The largest absolute Gasteiger partial charge is 0.256 e. The minimum absolute atomic E-state index is 0.243. The van der Waals surface area contributed by atoms with E-state index in [1.807, 2.05) is 18.0 Å². The van der Waals surface area contributed by atoms with Crippen molar-refractivity contribution in [3.63, 3.8) is 0 Å². The molecule has 6 rings (SSSR count). The molecule has 0 amide bonds. The van der Waals surface area contributed by atoms with Crippen LogP contribution in [0, 0.1) is 11.3 Å². The van der Waals surface area contributed by atoms with Crippen LogP contribution in [0.1, 0.15) is 45.7 Å². The SMILES string of the molecule is CC(C)Cc1c2c(cc3ccccc13)-c1nccc3c1c(cc1c(CC(C)(C)C)cccc13)S2. The summed E-state index contributed by atoms with van der Waals surface area (Å²) in [6.07, 6.45) is 4.15. The summed E-state index contributed by atoms with van der Waals surface area (Å²) in [5.74, 6) is 0.593. The second kappa shape index (κ2) is 7.85. The molecule has 1 aromatic heterocycles. The number of benzene rings is 4. The van der Waals surface area contributed by atoms with Gasteiger partial charge in [-0.2, -0.15) is 0 Å². The average Bonchev–Trinajstić information content (AvgIpc) is 2.79. The Hall–Kier alpha value is -2.84. The maximum absolute atomic E-state index is 4.98. The van der Waals surface area contributed by atoms with E-state index < -0.39 is 0 Å². The van der Waals surface area contributed by atoms with E-state index in [0.717, 1.165) is 18.5 Å². The summed E-state index contributed by atoms with van der Waals surface area (Å²) in [4.78, 5) is 7.72. The lowest BCUT2D eigenvalue weighted by atomic mass is 9.85. The van der Waals surface area contributed by atoms with Gasteiger partial charge >= 0.3 is 0 Å². The van der Waals surface area contributed by atoms with Gasteiger partial charge in [0.2, 0.25) is 0 Å². The lowest BCUT2D eigenvalue weighted by Gasteiger charge is -2.26. The Morgan fingerprint density at radius 2 is 1.65 bits per heavy atom. The van der Waals surface area contributed by atoms with Gasteiger partial charge in [-0.15, -0.1) is 0 Å². The molecule has 0 fully saturated rings. The first-order valence-corrected chi connectivity index (χ1v) is 13.2. The zero-order valence-electron chi connectivity index (χ0n) is 20.7. The molecule has 0 bridgehead atoms. The van der Waals surface area contributed by atoms with E-state index in [2.05, 4.69) is 95.3 Å². The summed E-state index contributed by atoms with van der Waals surface area (Å²) in [6.45, 7) is 11.6. The summed E-state index contributed by atoms with van der Waals surface area (Å²) in [7, 11) is 0. The van der Waals surface area contributed by atoms with Crippen LogP contribution in [0.3, 0.4) is 0 Å². The molecule has 0 atom stereocenters. The van der Waals surface area contributed by atoms with Crippen LogP contribution in [-0.4, -0.2) is 4.98 Å². The third-order valence-corrected chi connectivity index (χ3v) is 8.08. The van der Waals surface area contributed by atoms with Crippen molar-refractivity contribution >= 4 is 44.1 Å². The highest BCUT2D eigenvalue weighted by molar-refractivity contribution is 8.00. The van der Waals surface area contributed by atoms with E-state index in [-0.39, 0.29) is 5.41 Å². The molecule has 2 heteroatoms. The van der Waals surface area contributed by atoms with E-state index in [1.54, 1.807) is 0 Å². The first kappa shape index (κ1) is 21.7. The van der Waals surface area contributed by atoms with Crippen molar-refractivity contribution in [1.29, 1.82) is 0 Å². The molecular weight excluding hydrogens is 430 g/mol. The number of fused-ring (bicyclic) bond motifs is 5. The number of hydrogen-bond donors (Lipinski definition) is 0. The minimum Gasteiger partial charge on any atom is -0.256 e. The maximum Gasteiger partial charge on any atom is 0.0803 e. The molecule has 170 valence electrons. The summed E-state index contributed by atoms with van der Waals surface area (Å²) >= 11 is 1.96. The van der Waals surface area contributed by atoms with Gasteiger partial charge in [0.25, 0.3) is 0 Å². The number of hydrogen-bond acceptors (Lipinski definition) is 2. The topological polar surface area (TPSA) is 12.9 Å². The molecule has 0 N–H and O–H groups in total. The van der Waals surface area contributed by atoms with Crippen LogP contribution in [0.5, 0.6) is 0 Å². The maximum atomic E-state index is 4.98. The van der Waals surface area contributed by atoms with Gasteiger partial charge in [-0.3, -0.25) is 4.98 Å². The van der Waals surface area contributed by atoms with Crippen molar-refractivity contribution < 1.29 is 0 Å². The standard InChI is InChI=1S/C32H31NS/c1-19(2)15-26-22-11-7-6-9-20(22)16-27-30-29-24(13-14-33-30)23-12-8-10-21(18-32(3,4)5)25(23)17-28(29)34-31(26)27/h6-14,16-17,19H,15,18H2,1-5H3. The Balaban J connectivity index is 1.69. The molecule has 0 saturated carbocycles. The number of nitrogens with zero attached hydrogens (tertiary/aromatic N) is 1. The molecule has 0 saturated heterocycles. The lowest BCUT2D eigenvalue weighted by molar-refractivity contribution is 0.412. The Labute approximate surface area is 206 Å². The van der Waals surface area contributed by atoms with Gasteiger partial charge in [-0.1, -0.05) is 88.8 Å². The van der Waals surface area contributed by atoms with Crippen molar-refractivity contribution in [1.82, 2.24) is 4.98 Å². The number of rotatable bonds is 3. The molecule has 1 nitrogen and oxygen atoms in total. The van der Waals surface area contributed by atoms with Crippen LogP contribution in [0.2, 0.25) is 0 Å². The first-order valence-electron chi connectivity index (χ1n) is 12.4. The Kier molecular flexibility index (Phi) is 5.00. The molecule has 34 heavy (non-hydrogen) atoms. The molecule has 1 aliphatic heterocycles. The molecule has 2 heterocycles. The fourth-order valence-corrected chi connectivity index (χ4v) is 6.87. The molecular formula is C32H31NS. The summed E-state index contributed by atoms with van der Waals surface area (Å²) in [5.41, 5.74) is 5.59. The van der Waals surface area contributed by atoms with Crippen molar-refractivity contribution in [2.24, 2.45) is 11.3 Å². The number of pyridine rings is 1. The van der Waals surface area contributed by atoms with Crippen molar-refractivity contribution in [2.45, 2.75) is 57.3 Å². The zero-order valence-corrected chi connectivity index (χ0v) is 21.5. The van der Waals surface area contributed by atoms with E-state index in [1.165, 1.54) is 58.8 Å². The highest BCUT2D eigenvalue weighted by Crippen LogP contribution is 2.52. The van der Waals surface area contributed by atoms with Crippen LogP contribution in [0.4, 0.5) is 0 Å².